The van der Waals surface area contributed by atoms with E-state index >= 15 is 0 Å². The molecule has 2 aliphatic rings. The van der Waals surface area contributed by atoms with Crippen LogP contribution in [0.2, 0.25) is 0 Å². The Balaban J connectivity index is 1.70. The Morgan fingerprint density at radius 1 is 1.33 bits per heavy atom. The van der Waals surface area contributed by atoms with Crippen molar-refractivity contribution in [2.75, 3.05) is 25.1 Å². The molecule has 116 valence electrons. The van der Waals surface area contributed by atoms with Gasteiger partial charge >= 0.3 is 0 Å². The summed E-state index contributed by atoms with van der Waals surface area (Å²) in [4.78, 5) is 14.2. The molecule has 1 aromatic rings. The zero-order chi connectivity index (χ0) is 14.8. The van der Waals surface area contributed by atoms with Gasteiger partial charge in [0.15, 0.2) is 0 Å². The number of anilines is 1. The van der Waals surface area contributed by atoms with Gasteiger partial charge in [0, 0.05) is 36.9 Å². The van der Waals surface area contributed by atoms with Crippen molar-refractivity contribution >= 4 is 5.82 Å². The Morgan fingerprint density at radius 2 is 2.19 bits per heavy atom. The summed E-state index contributed by atoms with van der Waals surface area (Å²) in [5.74, 6) is 7.03. The van der Waals surface area contributed by atoms with E-state index in [4.69, 9.17) is 5.84 Å². The average molecular weight is 290 g/mol. The lowest BCUT2D eigenvalue weighted by Gasteiger charge is -2.47. The summed E-state index contributed by atoms with van der Waals surface area (Å²) in [6.45, 7) is 8.66. The quantitative estimate of drug-likeness (QED) is 0.642. The molecule has 0 aliphatic carbocycles. The Labute approximate surface area is 126 Å². The first-order chi connectivity index (χ1) is 10.2. The zero-order valence-electron chi connectivity index (χ0n) is 13.0. The first-order valence-corrected chi connectivity index (χ1v) is 7.95. The maximum Gasteiger partial charge on any atom is 0.145 e. The summed E-state index contributed by atoms with van der Waals surface area (Å²) in [5, 5.41) is 0. The number of rotatable bonds is 3. The number of nitrogens with two attached hydrogens (primary N) is 1. The lowest BCUT2D eigenvalue weighted by Crippen LogP contribution is -2.58. The van der Waals surface area contributed by atoms with E-state index in [1.807, 2.05) is 13.0 Å². The van der Waals surface area contributed by atoms with Crippen LogP contribution in [0.1, 0.15) is 37.7 Å². The number of hydrogen-bond acceptors (Lipinski definition) is 6. The van der Waals surface area contributed by atoms with Crippen LogP contribution >= 0.6 is 0 Å². The average Bonchev–Trinajstić information content (AvgIpc) is 2.47. The molecular formula is C15H26N6. The van der Waals surface area contributed by atoms with Gasteiger partial charge in [-0.2, -0.15) is 0 Å². The first kappa shape index (κ1) is 14.7. The van der Waals surface area contributed by atoms with Crippen LogP contribution in [0.15, 0.2) is 6.07 Å². The molecule has 2 unspecified atom stereocenters. The van der Waals surface area contributed by atoms with Crippen molar-refractivity contribution in [3.8, 4) is 0 Å². The van der Waals surface area contributed by atoms with Gasteiger partial charge in [-0.05, 0) is 33.2 Å². The van der Waals surface area contributed by atoms with Crippen LogP contribution in [-0.2, 0) is 6.54 Å². The first-order valence-electron chi connectivity index (χ1n) is 7.95. The predicted octanol–water partition coefficient (Wildman–Crippen LogP) is 1.13. The number of piperazine rings is 1. The number of fused-ring (bicyclic) bond motifs is 1. The number of hydrogen-bond donors (Lipinski definition) is 2. The lowest BCUT2D eigenvalue weighted by molar-refractivity contribution is 0.00984. The molecular weight excluding hydrogens is 264 g/mol. The minimum atomic E-state index is 0.553. The third-order valence-corrected chi connectivity index (χ3v) is 4.71. The molecule has 2 fully saturated rings. The fraction of sp³-hybridized carbons (Fsp3) is 0.733. The molecule has 3 rings (SSSR count). The lowest BCUT2D eigenvalue weighted by atomic mass is 9.97. The van der Waals surface area contributed by atoms with Gasteiger partial charge in [-0.3, -0.25) is 9.80 Å². The van der Waals surface area contributed by atoms with Crippen molar-refractivity contribution in [1.82, 2.24) is 19.8 Å². The Morgan fingerprint density at radius 3 is 3.00 bits per heavy atom. The molecule has 0 bridgehead atoms. The molecule has 0 spiro atoms. The third-order valence-electron chi connectivity index (χ3n) is 4.71. The van der Waals surface area contributed by atoms with Crippen molar-refractivity contribution in [3.63, 3.8) is 0 Å². The minimum Gasteiger partial charge on any atom is -0.308 e. The van der Waals surface area contributed by atoms with Gasteiger partial charge < -0.3 is 5.43 Å². The Bertz CT molecular complexity index is 491. The van der Waals surface area contributed by atoms with E-state index in [1.54, 1.807) is 0 Å². The molecule has 0 saturated carbocycles. The van der Waals surface area contributed by atoms with Crippen molar-refractivity contribution in [2.24, 2.45) is 5.84 Å². The number of aromatic nitrogens is 2. The molecule has 2 saturated heterocycles. The van der Waals surface area contributed by atoms with Crippen molar-refractivity contribution in [2.45, 2.75) is 51.7 Å². The normalized spacial score (nSPS) is 27.4. The van der Waals surface area contributed by atoms with E-state index in [2.05, 4.69) is 32.1 Å². The van der Waals surface area contributed by atoms with Crippen LogP contribution in [0, 0.1) is 6.92 Å². The molecule has 6 nitrogen and oxygen atoms in total. The van der Waals surface area contributed by atoms with E-state index in [-0.39, 0.29) is 0 Å². The standard InChI is InChI=1S/C15H26N6/c1-11-7-14(19-16)18-15(17-11)10-21-9-13-5-3-4-6-20(13)8-12(21)2/h7,12-13H,3-6,8-10,16H2,1-2H3,(H,17,18,19). The molecule has 0 aromatic carbocycles. The summed E-state index contributed by atoms with van der Waals surface area (Å²) in [7, 11) is 0. The maximum absolute atomic E-state index is 5.47. The van der Waals surface area contributed by atoms with Crippen molar-refractivity contribution in [1.29, 1.82) is 0 Å². The van der Waals surface area contributed by atoms with Crippen LogP contribution in [0.3, 0.4) is 0 Å². The number of nitrogens with zero attached hydrogens (tertiary/aromatic N) is 4. The summed E-state index contributed by atoms with van der Waals surface area (Å²) in [6, 6.07) is 3.14. The highest BCUT2D eigenvalue weighted by Crippen LogP contribution is 2.24. The van der Waals surface area contributed by atoms with Gasteiger partial charge in [0.05, 0.1) is 6.54 Å². The van der Waals surface area contributed by atoms with Gasteiger partial charge in [0.2, 0.25) is 0 Å². The smallest absolute Gasteiger partial charge is 0.145 e. The van der Waals surface area contributed by atoms with Gasteiger partial charge in [0.1, 0.15) is 11.6 Å². The van der Waals surface area contributed by atoms with Crippen molar-refractivity contribution < 1.29 is 0 Å². The molecule has 3 heterocycles. The third kappa shape index (κ3) is 3.33. The maximum atomic E-state index is 5.47. The predicted molar refractivity (Wildman–Crippen MR) is 83.7 cm³/mol. The SMILES string of the molecule is Cc1cc(NN)nc(CN2CC3CCCCN3CC2C)n1. The highest BCUT2D eigenvalue weighted by atomic mass is 15.3. The monoisotopic (exact) mass is 290 g/mol. The van der Waals surface area contributed by atoms with E-state index in [1.165, 1.54) is 32.4 Å². The van der Waals surface area contributed by atoms with Gasteiger partial charge in [-0.25, -0.2) is 15.8 Å². The summed E-state index contributed by atoms with van der Waals surface area (Å²) in [5.41, 5.74) is 3.58. The van der Waals surface area contributed by atoms with Gasteiger partial charge in [-0.1, -0.05) is 6.42 Å². The zero-order valence-corrected chi connectivity index (χ0v) is 13.0. The van der Waals surface area contributed by atoms with E-state index < -0.39 is 0 Å². The summed E-state index contributed by atoms with van der Waals surface area (Å²) < 4.78 is 0. The second kappa shape index (κ2) is 6.25. The fourth-order valence-electron chi connectivity index (χ4n) is 3.59. The molecule has 2 aliphatic heterocycles. The molecule has 6 heteroatoms. The van der Waals surface area contributed by atoms with Crippen LogP contribution in [0.5, 0.6) is 0 Å². The van der Waals surface area contributed by atoms with Crippen LogP contribution in [-0.4, -0.2) is 51.5 Å². The highest BCUT2D eigenvalue weighted by molar-refractivity contribution is 5.33. The highest BCUT2D eigenvalue weighted by Gasteiger charge is 2.33. The van der Waals surface area contributed by atoms with E-state index in [0.29, 0.717) is 17.9 Å². The number of nitrogens with one attached hydrogen (secondary N) is 1. The molecule has 2 atom stereocenters. The van der Waals surface area contributed by atoms with Crippen LogP contribution in [0.25, 0.3) is 0 Å². The Hall–Kier alpha value is -1.24. The number of piperidine rings is 1. The Kier molecular flexibility index (Phi) is 4.37. The number of aryl methyl sites for hydroxylation is 1. The topological polar surface area (TPSA) is 70.3 Å². The number of nitrogen functional groups attached to an aromatic ring is 1. The second-order valence-corrected chi connectivity index (χ2v) is 6.38. The summed E-state index contributed by atoms with van der Waals surface area (Å²) in [6.07, 6.45) is 4.05. The molecule has 1 aromatic heterocycles. The summed E-state index contributed by atoms with van der Waals surface area (Å²) >= 11 is 0. The second-order valence-electron chi connectivity index (χ2n) is 6.38. The molecule has 21 heavy (non-hydrogen) atoms. The van der Waals surface area contributed by atoms with E-state index in [9.17, 15) is 0 Å². The largest absolute Gasteiger partial charge is 0.308 e. The minimum absolute atomic E-state index is 0.553. The molecule has 3 N–H and O–H groups in total. The molecule has 0 radical (unpaired) electrons. The van der Waals surface area contributed by atoms with Crippen molar-refractivity contribution in [3.05, 3.63) is 17.6 Å². The number of hydrazine groups is 1. The molecule has 0 amide bonds. The van der Waals surface area contributed by atoms with Crippen LogP contribution in [0.4, 0.5) is 5.82 Å². The fourth-order valence-corrected chi connectivity index (χ4v) is 3.59. The van der Waals surface area contributed by atoms with Crippen LogP contribution < -0.4 is 11.3 Å². The van der Waals surface area contributed by atoms with Gasteiger partial charge in [-0.15, -0.1) is 0 Å². The van der Waals surface area contributed by atoms with Gasteiger partial charge in [0.25, 0.3) is 0 Å². The van der Waals surface area contributed by atoms with E-state index in [0.717, 1.165) is 24.6 Å².